The Labute approximate surface area is 116 Å². The number of carbonyl (C=O) groups is 1. The number of benzene rings is 2. The van der Waals surface area contributed by atoms with E-state index >= 15 is 0 Å². The molecule has 19 heavy (non-hydrogen) atoms. The van der Waals surface area contributed by atoms with Crippen LogP contribution in [0, 0.1) is 0 Å². The van der Waals surface area contributed by atoms with Gasteiger partial charge in [-0.1, -0.05) is 48.0 Å². The number of phenols is 1. The number of aromatic hydroxyl groups is 1. The molecule has 0 saturated carbocycles. The molecule has 2 aromatic rings. The van der Waals surface area contributed by atoms with Crippen LogP contribution < -0.4 is 10.6 Å². The van der Waals surface area contributed by atoms with Crippen LogP contribution in [0.3, 0.4) is 0 Å². The molecule has 2 rings (SSSR count). The summed E-state index contributed by atoms with van der Waals surface area (Å²) in [6.45, 7) is 0.411. The van der Waals surface area contributed by atoms with Crippen LogP contribution in [-0.2, 0) is 6.54 Å². The minimum atomic E-state index is -0.401. The molecule has 0 aliphatic rings. The summed E-state index contributed by atoms with van der Waals surface area (Å²) in [6, 6.07) is 13.9. The standard InChI is InChI=1S/C14H13ClN2O2/c15-11-7-4-8-12(13(11)18)17-14(19)16-9-10-5-2-1-3-6-10/h1-8,18H,9H2,(H2,16,17,19). The first-order chi connectivity index (χ1) is 9.16. The molecule has 0 radical (unpaired) electrons. The molecule has 0 saturated heterocycles. The number of hydrogen-bond acceptors (Lipinski definition) is 2. The highest BCUT2D eigenvalue weighted by molar-refractivity contribution is 6.32. The fraction of sp³-hybridized carbons (Fsp3) is 0.0714. The number of rotatable bonds is 3. The Hall–Kier alpha value is -2.20. The summed E-state index contributed by atoms with van der Waals surface area (Å²) in [5, 5.41) is 15.1. The fourth-order valence-electron chi connectivity index (χ4n) is 1.56. The molecule has 98 valence electrons. The summed E-state index contributed by atoms with van der Waals surface area (Å²) < 4.78 is 0. The van der Waals surface area contributed by atoms with Gasteiger partial charge in [-0.25, -0.2) is 4.79 Å². The predicted molar refractivity (Wildman–Crippen MR) is 75.4 cm³/mol. The zero-order chi connectivity index (χ0) is 13.7. The van der Waals surface area contributed by atoms with Crippen molar-refractivity contribution in [1.82, 2.24) is 5.32 Å². The molecule has 0 fully saturated rings. The molecular weight excluding hydrogens is 264 g/mol. The molecule has 0 atom stereocenters. The summed E-state index contributed by atoms with van der Waals surface area (Å²) >= 11 is 5.75. The Morgan fingerprint density at radius 2 is 1.84 bits per heavy atom. The lowest BCUT2D eigenvalue weighted by Gasteiger charge is -2.09. The van der Waals surface area contributed by atoms with E-state index in [2.05, 4.69) is 10.6 Å². The number of phenolic OH excluding ortho intramolecular Hbond substituents is 1. The van der Waals surface area contributed by atoms with Gasteiger partial charge in [0.2, 0.25) is 0 Å². The molecular formula is C14H13ClN2O2. The van der Waals surface area contributed by atoms with Crippen LogP contribution in [0.15, 0.2) is 48.5 Å². The zero-order valence-electron chi connectivity index (χ0n) is 10.1. The van der Waals surface area contributed by atoms with Gasteiger partial charge in [0.15, 0.2) is 5.75 Å². The maximum absolute atomic E-state index is 11.7. The molecule has 0 spiro atoms. The second-order valence-electron chi connectivity index (χ2n) is 3.93. The highest BCUT2D eigenvalue weighted by Crippen LogP contribution is 2.30. The molecule has 2 amide bonds. The summed E-state index contributed by atoms with van der Waals surface area (Å²) in [6.07, 6.45) is 0. The van der Waals surface area contributed by atoms with Gasteiger partial charge < -0.3 is 15.7 Å². The Morgan fingerprint density at radius 3 is 2.58 bits per heavy atom. The van der Waals surface area contributed by atoms with E-state index in [1.54, 1.807) is 18.2 Å². The number of anilines is 1. The Morgan fingerprint density at radius 1 is 1.11 bits per heavy atom. The largest absolute Gasteiger partial charge is 0.504 e. The molecule has 2 aromatic carbocycles. The first-order valence-electron chi connectivity index (χ1n) is 5.73. The topological polar surface area (TPSA) is 61.4 Å². The van der Waals surface area contributed by atoms with Crippen molar-refractivity contribution in [3.05, 3.63) is 59.1 Å². The minimum Gasteiger partial charge on any atom is -0.504 e. The zero-order valence-corrected chi connectivity index (χ0v) is 10.8. The quantitative estimate of drug-likeness (QED) is 0.753. The Kier molecular flexibility index (Phi) is 4.26. The third-order valence-electron chi connectivity index (χ3n) is 2.53. The van der Waals surface area contributed by atoms with E-state index < -0.39 is 6.03 Å². The second kappa shape index (κ2) is 6.11. The van der Waals surface area contributed by atoms with Crippen molar-refractivity contribution in [3.8, 4) is 5.75 Å². The van der Waals surface area contributed by atoms with Gasteiger partial charge in [0, 0.05) is 6.54 Å². The number of para-hydroxylation sites is 1. The molecule has 0 bridgehead atoms. The average Bonchev–Trinajstić information content (AvgIpc) is 2.43. The monoisotopic (exact) mass is 276 g/mol. The third-order valence-corrected chi connectivity index (χ3v) is 2.84. The van der Waals surface area contributed by atoms with Gasteiger partial charge in [0.1, 0.15) is 0 Å². The average molecular weight is 277 g/mol. The van der Waals surface area contributed by atoms with E-state index in [9.17, 15) is 9.90 Å². The minimum absolute atomic E-state index is 0.140. The number of hydrogen-bond donors (Lipinski definition) is 3. The molecule has 0 aromatic heterocycles. The van der Waals surface area contributed by atoms with Crippen LogP contribution in [0.1, 0.15) is 5.56 Å². The van der Waals surface area contributed by atoms with Crippen molar-refractivity contribution in [2.45, 2.75) is 6.54 Å². The van der Waals surface area contributed by atoms with Crippen molar-refractivity contribution in [2.75, 3.05) is 5.32 Å². The third kappa shape index (κ3) is 3.63. The second-order valence-corrected chi connectivity index (χ2v) is 4.34. The summed E-state index contributed by atoms with van der Waals surface area (Å²) in [5.74, 6) is -0.140. The van der Waals surface area contributed by atoms with Gasteiger partial charge >= 0.3 is 6.03 Å². The van der Waals surface area contributed by atoms with E-state index in [-0.39, 0.29) is 16.5 Å². The number of nitrogens with one attached hydrogen (secondary N) is 2. The highest BCUT2D eigenvalue weighted by Gasteiger charge is 2.08. The molecule has 4 nitrogen and oxygen atoms in total. The summed E-state index contributed by atoms with van der Waals surface area (Å²) in [5.41, 5.74) is 1.27. The summed E-state index contributed by atoms with van der Waals surface area (Å²) in [7, 11) is 0. The van der Waals surface area contributed by atoms with E-state index in [1.807, 2.05) is 30.3 Å². The van der Waals surface area contributed by atoms with E-state index in [1.165, 1.54) is 0 Å². The van der Waals surface area contributed by atoms with Gasteiger partial charge in [-0.05, 0) is 17.7 Å². The lowest BCUT2D eigenvalue weighted by molar-refractivity contribution is 0.251. The molecule has 0 aliphatic heterocycles. The SMILES string of the molecule is O=C(NCc1ccccc1)Nc1cccc(Cl)c1O. The van der Waals surface area contributed by atoms with Gasteiger partial charge in [-0.2, -0.15) is 0 Å². The number of halogens is 1. The Bertz CT molecular complexity index is 573. The maximum Gasteiger partial charge on any atom is 0.319 e. The van der Waals surface area contributed by atoms with Crippen molar-refractivity contribution in [2.24, 2.45) is 0 Å². The predicted octanol–water partition coefficient (Wildman–Crippen LogP) is 3.37. The van der Waals surface area contributed by atoms with Gasteiger partial charge in [-0.15, -0.1) is 0 Å². The number of amides is 2. The van der Waals surface area contributed by atoms with Gasteiger partial charge in [0.05, 0.1) is 10.7 Å². The van der Waals surface area contributed by atoms with E-state index in [0.717, 1.165) is 5.56 Å². The smallest absolute Gasteiger partial charge is 0.319 e. The Balaban J connectivity index is 1.93. The fourth-order valence-corrected chi connectivity index (χ4v) is 1.74. The molecule has 0 unspecified atom stereocenters. The molecule has 0 heterocycles. The normalized spacial score (nSPS) is 9.95. The number of urea groups is 1. The van der Waals surface area contributed by atoms with Gasteiger partial charge in [0.25, 0.3) is 0 Å². The highest BCUT2D eigenvalue weighted by atomic mass is 35.5. The molecule has 5 heteroatoms. The van der Waals surface area contributed by atoms with Crippen molar-refractivity contribution in [3.63, 3.8) is 0 Å². The first kappa shape index (κ1) is 13.2. The van der Waals surface area contributed by atoms with E-state index in [0.29, 0.717) is 6.54 Å². The lowest BCUT2D eigenvalue weighted by Crippen LogP contribution is -2.28. The van der Waals surface area contributed by atoms with Crippen molar-refractivity contribution >= 4 is 23.3 Å². The molecule has 0 aliphatic carbocycles. The van der Waals surface area contributed by atoms with Crippen molar-refractivity contribution in [1.29, 1.82) is 0 Å². The van der Waals surface area contributed by atoms with Crippen LogP contribution >= 0.6 is 11.6 Å². The number of carbonyl (C=O) groups excluding carboxylic acids is 1. The van der Waals surface area contributed by atoms with Crippen LogP contribution in [-0.4, -0.2) is 11.1 Å². The van der Waals surface area contributed by atoms with Crippen LogP contribution in [0.4, 0.5) is 10.5 Å². The maximum atomic E-state index is 11.7. The lowest BCUT2D eigenvalue weighted by atomic mass is 10.2. The van der Waals surface area contributed by atoms with Crippen LogP contribution in [0.2, 0.25) is 5.02 Å². The van der Waals surface area contributed by atoms with Crippen LogP contribution in [0.5, 0.6) is 5.75 Å². The summed E-state index contributed by atoms with van der Waals surface area (Å²) in [4.78, 5) is 11.7. The first-order valence-corrected chi connectivity index (χ1v) is 6.11. The van der Waals surface area contributed by atoms with E-state index in [4.69, 9.17) is 11.6 Å². The van der Waals surface area contributed by atoms with Gasteiger partial charge in [-0.3, -0.25) is 0 Å². The van der Waals surface area contributed by atoms with Crippen molar-refractivity contribution < 1.29 is 9.90 Å². The van der Waals surface area contributed by atoms with Crippen LogP contribution in [0.25, 0.3) is 0 Å². The molecule has 3 N–H and O–H groups in total.